The first-order chi connectivity index (χ1) is 11.1. The van der Waals surface area contributed by atoms with Crippen molar-refractivity contribution in [1.82, 2.24) is 10.3 Å². The van der Waals surface area contributed by atoms with Crippen molar-refractivity contribution in [1.29, 1.82) is 0 Å². The topological polar surface area (TPSA) is 97.8 Å². The van der Waals surface area contributed by atoms with E-state index in [1.165, 1.54) is 18.4 Å². The van der Waals surface area contributed by atoms with Gasteiger partial charge < -0.3 is 19.9 Å². The van der Waals surface area contributed by atoms with Gasteiger partial charge in [0, 0.05) is 10.9 Å². The minimum atomic E-state index is -1.11. The number of rotatable bonds is 6. The van der Waals surface area contributed by atoms with Crippen LogP contribution in [-0.4, -0.2) is 48.8 Å². The van der Waals surface area contributed by atoms with Crippen molar-refractivity contribution in [2.75, 3.05) is 20.8 Å². The molecule has 0 saturated carbocycles. The molecule has 122 valence electrons. The van der Waals surface area contributed by atoms with E-state index in [4.69, 9.17) is 9.84 Å². The number of aromatic nitrogens is 1. The Morgan fingerprint density at radius 1 is 1.30 bits per heavy atom. The molecular weight excluding hydrogens is 320 g/mol. The molecule has 7 nitrogen and oxygen atoms in total. The zero-order chi connectivity index (χ0) is 16.8. The number of ether oxygens (including phenoxy) is 2. The van der Waals surface area contributed by atoms with Crippen LogP contribution in [0, 0.1) is 0 Å². The van der Waals surface area contributed by atoms with Gasteiger partial charge in [-0.3, -0.25) is 4.79 Å². The lowest BCUT2D eigenvalue weighted by atomic mass is 10.2. The zero-order valence-corrected chi connectivity index (χ0v) is 13.4. The van der Waals surface area contributed by atoms with E-state index in [9.17, 15) is 9.59 Å². The Labute approximate surface area is 136 Å². The molecule has 0 saturated heterocycles. The Morgan fingerprint density at radius 3 is 2.57 bits per heavy atom. The van der Waals surface area contributed by atoms with Crippen LogP contribution in [0.15, 0.2) is 29.6 Å². The van der Waals surface area contributed by atoms with Crippen LogP contribution in [0.3, 0.4) is 0 Å². The number of aliphatic hydroxyl groups excluding tert-OH is 1. The molecule has 1 atom stereocenters. The molecule has 0 aliphatic heterocycles. The molecule has 0 bridgehead atoms. The molecule has 2 aromatic rings. The van der Waals surface area contributed by atoms with Crippen molar-refractivity contribution in [3.05, 3.63) is 35.3 Å². The Kier molecular flexibility index (Phi) is 5.67. The van der Waals surface area contributed by atoms with E-state index in [1.807, 2.05) is 12.1 Å². The second-order valence-corrected chi connectivity index (χ2v) is 5.36. The van der Waals surface area contributed by atoms with Gasteiger partial charge in [-0.1, -0.05) is 0 Å². The Hall–Kier alpha value is -2.45. The molecule has 1 aromatic carbocycles. The average Bonchev–Trinajstić information content (AvgIpc) is 3.09. The highest BCUT2D eigenvalue weighted by atomic mass is 32.1. The molecule has 1 heterocycles. The molecule has 0 aliphatic carbocycles. The van der Waals surface area contributed by atoms with Gasteiger partial charge >= 0.3 is 5.97 Å². The Balaban J connectivity index is 2.11. The van der Waals surface area contributed by atoms with E-state index in [-0.39, 0.29) is 5.69 Å². The number of benzene rings is 1. The molecule has 0 aliphatic rings. The van der Waals surface area contributed by atoms with Gasteiger partial charge in [-0.25, -0.2) is 9.78 Å². The molecule has 0 unspecified atom stereocenters. The third-order valence-electron chi connectivity index (χ3n) is 3.05. The number of esters is 1. The third kappa shape index (κ3) is 4.05. The molecule has 1 amide bonds. The highest BCUT2D eigenvalue weighted by Gasteiger charge is 2.22. The number of nitrogens with one attached hydrogen (secondary N) is 1. The first-order valence-corrected chi connectivity index (χ1v) is 7.56. The summed E-state index contributed by atoms with van der Waals surface area (Å²) in [5, 5.41) is 13.7. The van der Waals surface area contributed by atoms with E-state index in [2.05, 4.69) is 15.0 Å². The predicted molar refractivity (Wildman–Crippen MR) is 84.5 cm³/mol. The molecule has 0 spiro atoms. The minimum Gasteiger partial charge on any atom is -0.497 e. The first-order valence-electron chi connectivity index (χ1n) is 6.68. The maximum Gasteiger partial charge on any atom is 0.330 e. The van der Waals surface area contributed by atoms with Crippen LogP contribution in [0.1, 0.15) is 10.5 Å². The minimum absolute atomic E-state index is 0.170. The van der Waals surface area contributed by atoms with Gasteiger partial charge in [0.15, 0.2) is 6.04 Å². The largest absolute Gasteiger partial charge is 0.497 e. The summed E-state index contributed by atoms with van der Waals surface area (Å²) in [5.74, 6) is -0.538. The van der Waals surface area contributed by atoms with E-state index in [0.717, 1.165) is 11.3 Å². The zero-order valence-electron chi connectivity index (χ0n) is 12.6. The van der Waals surface area contributed by atoms with Crippen LogP contribution >= 0.6 is 11.3 Å². The average molecular weight is 336 g/mol. The van der Waals surface area contributed by atoms with E-state index >= 15 is 0 Å². The van der Waals surface area contributed by atoms with E-state index in [1.54, 1.807) is 24.6 Å². The second-order valence-electron chi connectivity index (χ2n) is 4.50. The number of hydrogen-bond donors (Lipinski definition) is 2. The summed E-state index contributed by atoms with van der Waals surface area (Å²) in [6, 6.07) is 6.17. The summed E-state index contributed by atoms with van der Waals surface area (Å²) in [6.45, 7) is -0.548. The number of methoxy groups -OCH3 is 2. The Bertz CT molecular complexity index is 683. The van der Waals surface area contributed by atoms with E-state index < -0.39 is 24.5 Å². The fourth-order valence-corrected chi connectivity index (χ4v) is 2.60. The summed E-state index contributed by atoms with van der Waals surface area (Å²) >= 11 is 1.30. The van der Waals surface area contributed by atoms with Crippen molar-refractivity contribution >= 4 is 23.2 Å². The highest BCUT2D eigenvalue weighted by Crippen LogP contribution is 2.25. The summed E-state index contributed by atoms with van der Waals surface area (Å²) < 4.78 is 9.58. The highest BCUT2D eigenvalue weighted by molar-refractivity contribution is 7.13. The number of carbonyl (C=O) groups is 2. The van der Waals surface area contributed by atoms with Gasteiger partial charge in [-0.15, -0.1) is 11.3 Å². The van der Waals surface area contributed by atoms with Gasteiger partial charge in [0.05, 0.1) is 20.8 Å². The van der Waals surface area contributed by atoms with Gasteiger partial charge in [-0.05, 0) is 24.3 Å². The molecule has 2 N–H and O–H groups in total. The molecular formula is C15H16N2O5S. The second kappa shape index (κ2) is 7.70. The van der Waals surface area contributed by atoms with Crippen LogP contribution < -0.4 is 10.1 Å². The van der Waals surface area contributed by atoms with Crippen molar-refractivity contribution in [2.24, 2.45) is 0 Å². The quantitative estimate of drug-likeness (QED) is 0.766. The van der Waals surface area contributed by atoms with Gasteiger partial charge in [0.2, 0.25) is 0 Å². The number of nitrogens with zero attached hydrogens (tertiary/aromatic N) is 1. The lowest BCUT2D eigenvalue weighted by molar-refractivity contribution is -0.143. The van der Waals surface area contributed by atoms with Crippen LogP contribution in [0.25, 0.3) is 10.6 Å². The molecule has 1 aromatic heterocycles. The lowest BCUT2D eigenvalue weighted by Crippen LogP contribution is -2.44. The van der Waals surface area contributed by atoms with Crippen LogP contribution in [0.2, 0.25) is 0 Å². The van der Waals surface area contributed by atoms with Gasteiger partial charge in [0.1, 0.15) is 16.5 Å². The predicted octanol–water partition coefficient (Wildman–Crippen LogP) is 1.08. The van der Waals surface area contributed by atoms with E-state index in [0.29, 0.717) is 5.01 Å². The number of hydrogen-bond acceptors (Lipinski definition) is 7. The molecule has 0 radical (unpaired) electrons. The smallest absolute Gasteiger partial charge is 0.330 e. The number of aliphatic hydroxyl groups is 1. The lowest BCUT2D eigenvalue weighted by Gasteiger charge is -2.12. The summed E-state index contributed by atoms with van der Waals surface area (Å²) in [5.41, 5.74) is 1.02. The summed E-state index contributed by atoms with van der Waals surface area (Å²) in [6.07, 6.45) is 0. The number of carbonyl (C=O) groups excluding carboxylic acids is 2. The fourth-order valence-electron chi connectivity index (χ4n) is 1.80. The van der Waals surface area contributed by atoms with Crippen molar-refractivity contribution in [3.8, 4) is 16.3 Å². The molecule has 0 fully saturated rings. The maximum absolute atomic E-state index is 12.1. The van der Waals surface area contributed by atoms with Crippen molar-refractivity contribution in [2.45, 2.75) is 6.04 Å². The van der Waals surface area contributed by atoms with Crippen LogP contribution in [-0.2, 0) is 9.53 Å². The van der Waals surface area contributed by atoms with Crippen LogP contribution in [0.5, 0.6) is 5.75 Å². The third-order valence-corrected chi connectivity index (χ3v) is 3.94. The monoisotopic (exact) mass is 336 g/mol. The summed E-state index contributed by atoms with van der Waals surface area (Å²) in [4.78, 5) is 27.7. The first kappa shape index (κ1) is 16.9. The normalized spacial score (nSPS) is 11.6. The molecule has 23 heavy (non-hydrogen) atoms. The maximum atomic E-state index is 12.1. The number of thiazole rings is 1. The number of amides is 1. The van der Waals surface area contributed by atoms with Crippen molar-refractivity contribution in [3.63, 3.8) is 0 Å². The van der Waals surface area contributed by atoms with Crippen molar-refractivity contribution < 1.29 is 24.2 Å². The molecule has 8 heteroatoms. The summed E-state index contributed by atoms with van der Waals surface area (Å²) in [7, 11) is 2.77. The molecule has 2 rings (SSSR count). The fraction of sp³-hybridized carbons (Fsp3) is 0.267. The SMILES string of the molecule is COC(=O)[C@@H](CO)NC(=O)c1csc(-c2ccc(OC)cc2)n1. The van der Waals surface area contributed by atoms with Crippen LogP contribution in [0.4, 0.5) is 0 Å². The van der Waals surface area contributed by atoms with Gasteiger partial charge in [-0.2, -0.15) is 0 Å². The van der Waals surface area contributed by atoms with Gasteiger partial charge in [0.25, 0.3) is 5.91 Å². The standard InChI is InChI=1S/C15H16N2O5S/c1-21-10-5-3-9(4-6-10)14-17-12(8-23-14)13(19)16-11(7-18)15(20)22-2/h3-6,8,11,18H,7H2,1-2H3,(H,16,19)/t11-/m1/s1. The Morgan fingerprint density at radius 2 is 2.00 bits per heavy atom.